The molecule has 0 unspecified atom stereocenters. The van der Waals surface area contributed by atoms with Crippen LogP contribution in [0.15, 0.2) is 54.7 Å². The van der Waals surface area contributed by atoms with Crippen molar-refractivity contribution in [3.05, 3.63) is 65.9 Å². The number of ether oxygens (including phenoxy) is 2. The Morgan fingerprint density at radius 1 is 1.08 bits per heavy atom. The Hall–Kier alpha value is -3.28. The topological polar surface area (TPSA) is 73.6 Å². The summed E-state index contributed by atoms with van der Waals surface area (Å²) in [5.41, 5.74) is 2.23. The number of aromatic nitrogens is 2. The molecule has 0 spiro atoms. The van der Waals surface area contributed by atoms with Crippen LogP contribution in [0.25, 0.3) is 11.3 Å². The molecule has 0 radical (unpaired) electrons. The molecule has 2 aromatic carbocycles. The van der Waals surface area contributed by atoms with Gasteiger partial charge >= 0.3 is 5.97 Å². The van der Waals surface area contributed by atoms with Crippen LogP contribution < -0.4 is 9.47 Å². The van der Waals surface area contributed by atoms with Crippen LogP contribution >= 0.6 is 0 Å². The highest BCUT2D eigenvalue weighted by Crippen LogP contribution is 2.33. The van der Waals surface area contributed by atoms with Gasteiger partial charge in [-0.3, -0.25) is 4.68 Å². The van der Waals surface area contributed by atoms with Gasteiger partial charge < -0.3 is 14.6 Å². The molecule has 0 saturated heterocycles. The van der Waals surface area contributed by atoms with Crippen LogP contribution in [0.3, 0.4) is 0 Å². The monoisotopic (exact) mass is 338 g/mol. The van der Waals surface area contributed by atoms with E-state index in [1.165, 1.54) is 7.11 Å². The van der Waals surface area contributed by atoms with Gasteiger partial charge in [0.05, 0.1) is 20.8 Å². The number of carboxylic acid groups (broad SMARTS) is 1. The van der Waals surface area contributed by atoms with E-state index in [0.717, 1.165) is 5.56 Å². The number of carbonyl (C=O) groups is 1. The molecule has 0 bridgehead atoms. The average molecular weight is 338 g/mol. The van der Waals surface area contributed by atoms with Gasteiger partial charge in [-0.05, 0) is 23.8 Å². The fourth-order valence-electron chi connectivity index (χ4n) is 2.63. The van der Waals surface area contributed by atoms with Crippen molar-refractivity contribution in [2.75, 3.05) is 14.2 Å². The summed E-state index contributed by atoms with van der Waals surface area (Å²) in [5.74, 6) is 0.0740. The second-order valence-corrected chi connectivity index (χ2v) is 5.45. The molecule has 0 fully saturated rings. The summed E-state index contributed by atoms with van der Waals surface area (Å²) in [7, 11) is 3.09. The molecule has 6 heteroatoms. The van der Waals surface area contributed by atoms with Crippen LogP contribution in [0.5, 0.6) is 11.5 Å². The zero-order valence-electron chi connectivity index (χ0n) is 14.0. The maximum absolute atomic E-state index is 11.6. The summed E-state index contributed by atoms with van der Waals surface area (Å²) in [6, 6.07) is 15.0. The third-order valence-electron chi connectivity index (χ3n) is 3.84. The number of hydrogen-bond donors (Lipinski definition) is 1. The van der Waals surface area contributed by atoms with Crippen molar-refractivity contribution in [1.82, 2.24) is 9.78 Å². The zero-order chi connectivity index (χ0) is 17.8. The van der Waals surface area contributed by atoms with E-state index in [1.54, 1.807) is 36.2 Å². The molecule has 0 aliphatic heterocycles. The van der Waals surface area contributed by atoms with Crippen molar-refractivity contribution >= 4 is 5.97 Å². The van der Waals surface area contributed by atoms with Crippen LogP contribution in [0, 0.1) is 0 Å². The van der Waals surface area contributed by atoms with E-state index < -0.39 is 5.97 Å². The molecular weight excluding hydrogens is 320 g/mol. The molecule has 25 heavy (non-hydrogen) atoms. The summed E-state index contributed by atoms with van der Waals surface area (Å²) < 4.78 is 12.1. The lowest BCUT2D eigenvalue weighted by atomic mass is 10.1. The highest BCUT2D eigenvalue weighted by molar-refractivity contribution is 5.94. The van der Waals surface area contributed by atoms with Crippen LogP contribution in [-0.4, -0.2) is 35.1 Å². The second kappa shape index (κ2) is 7.09. The molecule has 0 atom stereocenters. The van der Waals surface area contributed by atoms with E-state index in [-0.39, 0.29) is 5.56 Å². The van der Waals surface area contributed by atoms with Gasteiger partial charge in [0, 0.05) is 11.8 Å². The molecule has 3 aromatic rings. The van der Waals surface area contributed by atoms with Crippen molar-refractivity contribution in [2.45, 2.75) is 6.54 Å². The normalized spacial score (nSPS) is 10.5. The van der Waals surface area contributed by atoms with Crippen molar-refractivity contribution in [3.63, 3.8) is 0 Å². The average Bonchev–Trinajstić information content (AvgIpc) is 3.06. The van der Waals surface area contributed by atoms with Gasteiger partial charge in [-0.1, -0.05) is 30.3 Å². The number of methoxy groups -OCH3 is 2. The third-order valence-corrected chi connectivity index (χ3v) is 3.84. The van der Waals surface area contributed by atoms with Crippen LogP contribution in [0.2, 0.25) is 0 Å². The van der Waals surface area contributed by atoms with E-state index in [1.807, 2.05) is 30.3 Å². The highest BCUT2D eigenvalue weighted by atomic mass is 16.5. The van der Waals surface area contributed by atoms with Gasteiger partial charge in [0.1, 0.15) is 11.3 Å². The standard InChI is InChI=1S/C19H18N2O4/c1-24-16-9-8-14(10-17(16)25-2)18-15(19(22)23)12-21(20-18)11-13-6-4-3-5-7-13/h3-10,12H,11H2,1-2H3,(H,22,23). The van der Waals surface area contributed by atoms with Crippen LogP contribution in [0.4, 0.5) is 0 Å². The molecule has 0 amide bonds. The first-order valence-corrected chi connectivity index (χ1v) is 7.69. The number of rotatable bonds is 6. The van der Waals surface area contributed by atoms with Crippen molar-refractivity contribution in [1.29, 1.82) is 0 Å². The predicted octanol–water partition coefficient (Wildman–Crippen LogP) is 3.31. The van der Waals surface area contributed by atoms with E-state index in [9.17, 15) is 9.90 Å². The minimum Gasteiger partial charge on any atom is -0.493 e. The van der Waals surface area contributed by atoms with Crippen LogP contribution in [-0.2, 0) is 6.54 Å². The van der Waals surface area contributed by atoms with Crippen molar-refractivity contribution in [3.8, 4) is 22.8 Å². The minimum absolute atomic E-state index is 0.142. The van der Waals surface area contributed by atoms with Gasteiger partial charge in [-0.25, -0.2) is 4.79 Å². The zero-order valence-corrected chi connectivity index (χ0v) is 14.0. The van der Waals surface area contributed by atoms with Crippen LogP contribution in [0.1, 0.15) is 15.9 Å². The number of benzene rings is 2. The number of hydrogen-bond acceptors (Lipinski definition) is 4. The molecular formula is C19H18N2O4. The van der Waals surface area contributed by atoms with Crippen molar-refractivity contribution in [2.24, 2.45) is 0 Å². The molecule has 128 valence electrons. The molecule has 6 nitrogen and oxygen atoms in total. The summed E-state index contributed by atoms with van der Waals surface area (Å²) in [6.45, 7) is 0.494. The molecule has 0 aliphatic rings. The van der Waals surface area contributed by atoms with Crippen molar-refractivity contribution < 1.29 is 19.4 Å². The first-order valence-electron chi connectivity index (χ1n) is 7.69. The molecule has 1 heterocycles. The van der Waals surface area contributed by atoms with Gasteiger partial charge in [0.25, 0.3) is 0 Å². The predicted molar refractivity (Wildman–Crippen MR) is 93.3 cm³/mol. The third kappa shape index (κ3) is 3.47. The maximum Gasteiger partial charge on any atom is 0.339 e. The summed E-state index contributed by atoms with van der Waals surface area (Å²) >= 11 is 0. The Kier molecular flexibility index (Phi) is 4.70. The molecule has 1 N–H and O–H groups in total. The first-order chi connectivity index (χ1) is 12.1. The largest absolute Gasteiger partial charge is 0.493 e. The first kappa shape index (κ1) is 16.6. The highest BCUT2D eigenvalue weighted by Gasteiger charge is 2.18. The lowest BCUT2D eigenvalue weighted by Crippen LogP contribution is -2.00. The summed E-state index contributed by atoms with van der Waals surface area (Å²) in [4.78, 5) is 11.6. The SMILES string of the molecule is COc1ccc(-c2nn(Cc3ccccc3)cc2C(=O)O)cc1OC. The van der Waals surface area contributed by atoms with Gasteiger partial charge in [0.15, 0.2) is 11.5 Å². The number of nitrogens with zero attached hydrogens (tertiary/aromatic N) is 2. The summed E-state index contributed by atoms with van der Waals surface area (Å²) in [5, 5.41) is 14.0. The molecule has 0 saturated carbocycles. The smallest absolute Gasteiger partial charge is 0.339 e. The second-order valence-electron chi connectivity index (χ2n) is 5.45. The molecule has 1 aromatic heterocycles. The fraction of sp³-hybridized carbons (Fsp3) is 0.158. The number of carboxylic acids is 1. The fourth-order valence-corrected chi connectivity index (χ4v) is 2.63. The Bertz CT molecular complexity index is 888. The number of aromatic carboxylic acids is 1. The van der Waals surface area contributed by atoms with E-state index in [2.05, 4.69) is 5.10 Å². The Balaban J connectivity index is 2.02. The van der Waals surface area contributed by atoms with E-state index >= 15 is 0 Å². The Morgan fingerprint density at radius 2 is 1.80 bits per heavy atom. The Morgan fingerprint density at radius 3 is 2.44 bits per heavy atom. The lowest BCUT2D eigenvalue weighted by Gasteiger charge is -2.09. The Labute approximate surface area is 145 Å². The van der Waals surface area contributed by atoms with Gasteiger partial charge in [0.2, 0.25) is 0 Å². The van der Waals surface area contributed by atoms with E-state index in [4.69, 9.17) is 9.47 Å². The van der Waals surface area contributed by atoms with Gasteiger partial charge in [-0.15, -0.1) is 0 Å². The lowest BCUT2D eigenvalue weighted by molar-refractivity contribution is 0.0697. The molecule has 0 aliphatic carbocycles. The van der Waals surface area contributed by atoms with E-state index in [0.29, 0.717) is 29.3 Å². The maximum atomic E-state index is 11.6. The minimum atomic E-state index is -1.02. The summed E-state index contributed by atoms with van der Waals surface area (Å²) in [6.07, 6.45) is 1.54. The molecule has 3 rings (SSSR count). The quantitative estimate of drug-likeness (QED) is 0.746. The van der Waals surface area contributed by atoms with Gasteiger partial charge in [-0.2, -0.15) is 5.10 Å².